The van der Waals surface area contributed by atoms with Crippen LogP contribution in [0.5, 0.6) is 0 Å². The number of aromatic nitrogens is 1. The van der Waals surface area contributed by atoms with Crippen molar-refractivity contribution in [3.8, 4) is 0 Å². The van der Waals surface area contributed by atoms with E-state index >= 15 is 0 Å². The van der Waals surface area contributed by atoms with Crippen LogP contribution in [-0.4, -0.2) is 17.3 Å². The van der Waals surface area contributed by atoms with Crippen LogP contribution in [0.3, 0.4) is 0 Å². The van der Waals surface area contributed by atoms with E-state index in [0.29, 0.717) is 10.8 Å². The number of halogens is 1. The average molecular weight is 333 g/mol. The molecular weight excluding hydrogens is 321 g/mol. The summed E-state index contributed by atoms with van der Waals surface area (Å²) in [6.45, 7) is 0. The summed E-state index contributed by atoms with van der Waals surface area (Å²) in [4.78, 5) is 17.4. The summed E-state index contributed by atoms with van der Waals surface area (Å²) in [7, 11) is 0. The van der Waals surface area contributed by atoms with Crippen molar-refractivity contribution in [3.05, 3.63) is 48.3 Å². The SMILES string of the molecule is CSc1ccc2nc(NC(=O)Nc3ccc(F)cc3)sc2c1. The van der Waals surface area contributed by atoms with E-state index < -0.39 is 6.03 Å². The van der Waals surface area contributed by atoms with Crippen molar-refractivity contribution in [2.24, 2.45) is 0 Å². The highest BCUT2D eigenvalue weighted by molar-refractivity contribution is 7.98. The zero-order valence-corrected chi connectivity index (χ0v) is 13.2. The number of fused-ring (bicyclic) bond motifs is 1. The fourth-order valence-corrected chi connectivity index (χ4v) is 3.29. The van der Waals surface area contributed by atoms with E-state index in [0.717, 1.165) is 15.1 Å². The largest absolute Gasteiger partial charge is 0.325 e. The van der Waals surface area contributed by atoms with Gasteiger partial charge in [0.2, 0.25) is 0 Å². The smallest absolute Gasteiger partial charge is 0.308 e. The Balaban J connectivity index is 1.72. The third kappa shape index (κ3) is 3.37. The normalized spacial score (nSPS) is 10.6. The molecule has 2 aromatic carbocycles. The maximum atomic E-state index is 12.8. The second-order valence-corrected chi connectivity index (χ2v) is 6.35. The van der Waals surface area contributed by atoms with Gasteiger partial charge in [-0.1, -0.05) is 11.3 Å². The first-order chi connectivity index (χ1) is 10.6. The van der Waals surface area contributed by atoms with Gasteiger partial charge in [0.1, 0.15) is 5.82 Å². The van der Waals surface area contributed by atoms with Gasteiger partial charge >= 0.3 is 6.03 Å². The zero-order chi connectivity index (χ0) is 15.5. The molecule has 0 saturated heterocycles. The van der Waals surface area contributed by atoms with Gasteiger partial charge in [0.05, 0.1) is 10.2 Å². The average Bonchev–Trinajstić information content (AvgIpc) is 2.90. The highest BCUT2D eigenvalue weighted by atomic mass is 32.2. The van der Waals surface area contributed by atoms with Crippen LogP contribution >= 0.6 is 23.1 Å². The molecule has 0 spiro atoms. The van der Waals surface area contributed by atoms with Crippen molar-refractivity contribution in [2.45, 2.75) is 4.90 Å². The summed E-state index contributed by atoms with van der Waals surface area (Å²) in [6, 6.07) is 11.1. The molecule has 0 unspecified atom stereocenters. The van der Waals surface area contributed by atoms with Crippen LogP contribution in [0.25, 0.3) is 10.2 Å². The van der Waals surface area contributed by atoms with Crippen LogP contribution in [0.15, 0.2) is 47.4 Å². The molecule has 3 rings (SSSR count). The Morgan fingerprint density at radius 2 is 1.95 bits per heavy atom. The number of amides is 2. The number of nitrogens with one attached hydrogen (secondary N) is 2. The van der Waals surface area contributed by atoms with Gasteiger partial charge in [-0.25, -0.2) is 14.2 Å². The lowest BCUT2D eigenvalue weighted by Gasteiger charge is -2.04. The number of hydrogen-bond donors (Lipinski definition) is 2. The third-order valence-corrected chi connectivity index (χ3v) is 4.58. The third-order valence-electron chi connectivity index (χ3n) is 2.92. The predicted octanol–water partition coefficient (Wildman–Crippen LogP) is 4.80. The second-order valence-electron chi connectivity index (χ2n) is 4.44. The summed E-state index contributed by atoms with van der Waals surface area (Å²) < 4.78 is 13.8. The summed E-state index contributed by atoms with van der Waals surface area (Å²) >= 11 is 3.07. The maximum absolute atomic E-state index is 12.8. The molecule has 0 saturated carbocycles. The number of carbonyl (C=O) groups excluding carboxylic acids is 1. The molecule has 3 aromatic rings. The number of thiazole rings is 1. The van der Waals surface area contributed by atoms with Gasteiger partial charge in [-0.15, -0.1) is 11.8 Å². The van der Waals surface area contributed by atoms with Gasteiger partial charge in [-0.05, 0) is 48.7 Å². The predicted molar refractivity (Wildman–Crippen MR) is 90.4 cm³/mol. The van der Waals surface area contributed by atoms with E-state index in [1.807, 2.05) is 24.5 Å². The molecule has 0 atom stereocenters. The first kappa shape index (κ1) is 14.8. The Morgan fingerprint density at radius 1 is 1.18 bits per heavy atom. The van der Waals surface area contributed by atoms with Gasteiger partial charge in [0.25, 0.3) is 0 Å². The van der Waals surface area contributed by atoms with Crippen molar-refractivity contribution < 1.29 is 9.18 Å². The molecule has 2 amide bonds. The maximum Gasteiger partial charge on any atom is 0.325 e. The molecule has 0 bridgehead atoms. The number of carbonyl (C=O) groups is 1. The lowest BCUT2D eigenvalue weighted by Crippen LogP contribution is -2.19. The van der Waals surface area contributed by atoms with Crippen molar-refractivity contribution in [2.75, 3.05) is 16.9 Å². The Kier molecular flexibility index (Phi) is 4.26. The summed E-state index contributed by atoms with van der Waals surface area (Å²) in [5.41, 5.74) is 1.37. The topological polar surface area (TPSA) is 54.0 Å². The molecule has 0 aliphatic rings. The molecule has 0 fully saturated rings. The fourth-order valence-electron chi connectivity index (χ4n) is 1.88. The Labute approximate surface area is 134 Å². The molecule has 2 N–H and O–H groups in total. The molecule has 7 heteroatoms. The van der Waals surface area contributed by atoms with Crippen LogP contribution in [-0.2, 0) is 0 Å². The minimum absolute atomic E-state index is 0.346. The van der Waals surface area contributed by atoms with E-state index in [2.05, 4.69) is 15.6 Å². The molecule has 1 heterocycles. The van der Waals surface area contributed by atoms with Crippen LogP contribution in [0, 0.1) is 5.82 Å². The Bertz CT molecular complexity index is 817. The van der Waals surface area contributed by atoms with Gasteiger partial charge in [-0.2, -0.15) is 0 Å². The van der Waals surface area contributed by atoms with Crippen molar-refractivity contribution in [3.63, 3.8) is 0 Å². The first-order valence-corrected chi connectivity index (χ1v) is 8.46. The van der Waals surface area contributed by atoms with E-state index in [9.17, 15) is 9.18 Å². The number of anilines is 2. The van der Waals surface area contributed by atoms with Crippen molar-refractivity contribution in [1.82, 2.24) is 4.98 Å². The molecule has 0 aliphatic heterocycles. The summed E-state index contributed by atoms with van der Waals surface area (Å²) in [5, 5.41) is 5.84. The van der Waals surface area contributed by atoms with Crippen LogP contribution in [0.2, 0.25) is 0 Å². The second kappa shape index (κ2) is 6.33. The van der Waals surface area contributed by atoms with E-state index in [1.54, 1.807) is 11.8 Å². The van der Waals surface area contributed by atoms with Gasteiger partial charge in [0, 0.05) is 10.6 Å². The van der Waals surface area contributed by atoms with Crippen molar-refractivity contribution >= 4 is 50.2 Å². The zero-order valence-electron chi connectivity index (χ0n) is 11.6. The standard InChI is InChI=1S/C15H12FN3OS2/c1-21-11-6-7-12-13(8-11)22-15(18-12)19-14(20)17-10-4-2-9(16)3-5-10/h2-8H,1H3,(H2,17,18,19,20). The van der Waals surface area contributed by atoms with E-state index in [4.69, 9.17) is 0 Å². The quantitative estimate of drug-likeness (QED) is 0.677. The molecule has 4 nitrogen and oxygen atoms in total. The minimum Gasteiger partial charge on any atom is -0.308 e. The van der Waals surface area contributed by atoms with Gasteiger partial charge in [-0.3, -0.25) is 5.32 Å². The molecule has 0 radical (unpaired) electrons. The highest BCUT2D eigenvalue weighted by Crippen LogP contribution is 2.29. The Hall–Kier alpha value is -2.12. The molecule has 0 aliphatic carbocycles. The van der Waals surface area contributed by atoms with E-state index in [1.165, 1.54) is 35.6 Å². The highest BCUT2D eigenvalue weighted by Gasteiger charge is 2.08. The molecule has 1 aromatic heterocycles. The molecular formula is C15H12FN3OS2. The van der Waals surface area contributed by atoms with Crippen molar-refractivity contribution in [1.29, 1.82) is 0 Å². The Morgan fingerprint density at radius 3 is 2.68 bits per heavy atom. The monoisotopic (exact) mass is 333 g/mol. The van der Waals surface area contributed by atoms with Gasteiger partial charge < -0.3 is 5.32 Å². The van der Waals surface area contributed by atoms with E-state index in [-0.39, 0.29) is 5.82 Å². The number of rotatable bonds is 3. The minimum atomic E-state index is -0.407. The fraction of sp³-hybridized carbons (Fsp3) is 0.0667. The first-order valence-electron chi connectivity index (χ1n) is 6.42. The number of thioether (sulfide) groups is 1. The van der Waals surface area contributed by atoms with Crippen LogP contribution in [0.1, 0.15) is 0 Å². The number of hydrogen-bond acceptors (Lipinski definition) is 4. The van der Waals surface area contributed by atoms with Gasteiger partial charge in [0.15, 0.2) is 5.13 Å². The lowest BCUT2D eigenvalue weighted by atomic mass is 10.3. The molecule has 112 valence electrons. The molecule has 22 heavy (non-hydrogen) atoms. The summed E-state index contributed by atoms with van der Waals surface area (Å²) in [6.07, 6.45) is 2.01. The lowest BCUT2D eigenvalue weighted by molar-refractivity contribution is 0.262. The number of benzene rings is 2. The number of nitrogens with zero attached hydrogens (tertiary/aromatic N) is 1. The van der Waals surface area contributed by atoms with Crippen LogP contribution in [0.4, 0.5) is 20.0 Å². The number of urea groups is 1. The van der Waals surface area contributed by atoms with Crippen LogP contribution < -0.4 is 10.6 Å². The summed E-state index contributed by atoms with van der Waals surface area (Å²) in [5.74, 6) is -0.346.